The molecule has 1 aliphatic rings. The highest BCUT2D eigenvalue weighted by Crippen LogP contribution is 2.57. The van der Waals surface area contributed by atoms with Crippen LogP contribution in [-0.2, 0) is 10.8 Å². The van der Waals surface area contributed by atoms with Crippen molar-refractivity contribution in [1.29, 1.82) is 0 Å². The molecule has 0 heterocycles. The molecule has 1 aliphatic carbocycles. The van der Waals surface area contributed by atoms with Crippen LogP contribution in [0.3, 0.4) is 0 Å². The van der Waals surface area contributed by atoms with Crippen LogP contribution < -0.4 is 0 Å². The first-order valence-corrected chi connectivity index (χ1v) is 13.8. The van der Waals surface area contributed by atoms with Crippen molar-refractivity contribution in [2.45, 2.75) is 84.0 Å². The van der Waals surface area contributed by atoms with Gasteiger partial charge in [-0.05, 0) is 84.5 Å². The van der Waals surface area contributed by atoms with Crippen LogP contribution in [0.15, 0.2) is 66.7 Å². The molecule has 0 nitrogen and oxygen atoms in total. The van der Waals surface area contributed by atoms with Gasteiger partial charge in [0.25, 0.3) is 0 Å². The van der Waals surface area contributed by atoms with Gasteiger partial charge in [0.05, 0.1) is 0 Å². The Hall–Kier alpha value is -2.86. The molecule has 0 atom stereocenters. The summed E-state index contributed by atoms with van der Waals surface area (Å²) in [7, 11) is 0. The van der Waals surface area contributed by atoms with Crippen molar-refractivity contribution in [3.8, 4) is 11.1 Å². The van der Waals surface area contributed by atoms with E-state index in [0.29, 0.717) is 0 Å². The van der Waals surface area contributed by atoms with E-state index in [1.807, 2.05) is 0 Å². The van der Waals surface area contributed by atoms with Crippen LogP contribution in [0.2, 0.25) is 0 Å². The van der Waals surface area contributed by atoms with Crippen LogP contribution in [0.1, 0.15) is 89.8 Å². The number of hydrogen-bond acceptors (Lipinski definition) is 0. The third kappa shape index (κ3) is 3.25. The normalized spacial score (nSPS) is 14.8. The molecule has 0 fully saturated rings. The molecule has 0 heteroatoms. The van der Waals surface area contributed by atoms with E-state index in [-0.39, 0.29) is 10.8 Å². The molecule has 6 rings (SSSR count). The molecule has 0 unspecified atom stereocenters. The van der Waals surface area contributed by atoms with E-state index in [1.54, 1.807) is 11.1 Å². The summed E-state index contributed by atoms with van der Waals surface area (Å²) in [4.78, 5) is 0. The van der Waals surface area contributed by atoms with E-state index in [4.69, 9.17) is 0 Å². The molecular weight excluding hydrogens is 420 g/mol. The number of fused-ring (bicyclic) bond motifs is 4. The largest absolute Gasteiger partial charge is 0.0654 e. The Morgan fingerprint density at radius 2 is 1.26 bits per heavy atom. The fourth-order valence-corrected chi connectivity index (χ4v) is 6.88. The molecule has 0 aliphatic heterocycles. The van der Waals surface area contributed by atoms with Gasteiger partial charge in [0.2, 0.25) is 0 Å². The molecule has 0 radical (unpaired) electrons. The molecule has 0 amide bonds. The zero-order valence-corrected chi connectivity index (χ0v) is 22.1. The number of unbranched alkanes of at least 4 members (excludes halogenated alkanes) is 2. The maximum absolute atomic E-state index is 2.58. The molecular formula is C35H38. The fourth-order valence-electron chi connectivity index (χ4n) is 6.88. The zero-order valence-electron chi connectivity index (χ0n) is 22.1. The number of benzene rings is 5. The van der Waals surface area contributed by atoms with Crippen molar-refractivity contribution in [2.75, 3.05) is 0 Å². The quantitative estimate of drug-likeness (QED) is 0.222. The van der Waals surface area contributed by atoms with Crippen molar-refractivity contribution in [3.63, 3.8) is 0 Å². The van der Waals surface area contributed by atoms with Gasteiger partial charge < -0.3 is 0 Å². The second kappa shape index (κ2) is 8.09. The second-order valence-corrected chi connectivity index (χ2v) is 12.0. The first-order chi connectivity index (χ1) is 16.9. The Bertz CT molecular complexity index is 1520. The molecule has 0 saturated carbocycles. The summed E-state index contributed by atoms with van der Waals surface area (Å²) in [6.07, 6.45) is 7.54. The average Bonchev–Trinajstić information content (AvgIpc) is 3.13. The Kier molecular flexibility index (Phi) is 5.22. The van der Waals surface area contributed by atoms with Crippen molar-refractivity contribution >= 4 is 32.3 Å². The smallest absolute Gasteiger partial charge is 0.0215 e. The third-order valence-corrected chi connectivity index (χ3v) is 8.73. The summed E-state index contributed by atoms with van der Waals surface area (Å²) in [5.41, 5.74) is 7.84. The number of rotatable bonds is 6. The lowest BCUT2D eigenvalue weighted by atomic mass is 9.70. The van der Waals surface area contributed by atoms with E-state index in [2.05, 4.69) is 101 Å². The van der Waals surface area contributed by atoms with E-state index >= 15 is 0 Å². The third-order valence-electron chi connectivity index (χ3n) is 8.73. The van der Waals surface area contributed by atoms with Gasteiger partial charge in [-0.25, -0.2) is 0 Å². The van der Waals surface area contributed by atoms with Gasteiger partial charge in [0.1, 0.15) is 0 Å². The molecule has 0 aromatic heterocycles. The van der Waals surface area contributed by atoms with Gasteiger partial charge in [-0.15, -0.1) is 0 Å². The van der Waals surface area contributed by atoms with Crippen LogP contribution in [0.25, 0.3) is 43.4 Å². The van der Waals surface area contributed by atoms with Crippen LogP contribution >= 0.6 is 0 Å². The Morgan fingerprint density at radius 3 is 1.89 bits per heavy atom. The summed E-state index contributed by atoms with van der Waals surface area (Å²) in [5.74, 6) is 0. The van der Waals surface area contributed by atoms with Crippen LogP contribution in [0.5, 0.6) is 0 Å². The summed E-state index contributed by atoms with van der Waals surface area (Å²) in [5, 5.41) is 8.50. The van der Waals surface area contributed by atoms with Crippen molar-refractivity contribution in [1.82, 2.24) is 0 Å². The van der Waals surface area contributed by atoms with E-state index in [1.165, 1.54) is 87.5 Å². The van der Waals surface area contributed by atoms with E-state index < -0.39 is 0 Å². The summed E-state index contributed by atoms with van der Waals surface area (Å²) >= 11 is 0. The molecule has 178 valence electrons. The maximum atomic E-state index is 2.58. The van der Waals surface area contributed by atoms with Crippen LogP contribution in [-0.4, -0.2) is 0 Å². The van der Waals surface area contributed by atoms with Gasteiger partial charge in [-0.2, -0.15) is 0 Å². The van der Waals surface area contributed by atoms with E-state index in [9.17, 15) is 0 Å². The molecule has 0 spiro atoms. The minimum Gasteiger partial charge on any atom is -0.0654 e. The predicted octanol–water partition coefficient (Wildman–Crippen LogP) is 10.5. The van der Waals surface area contributed by atoms with E-state index in [0.717, 1.165) is 0 Å². The highest BCUT2D eigenvalue weighted by molar-refractivity contribution is 6.26. The Morgan fingerprint density at radius 1 is 0.657 bits per heavy atom. The van der Waals surface area contributed by atoms with Gasteiger partial charge in [-0.3, -0.25) is 0 Å². The highest BCUT2D eigenvalue weighted by Gasteiger charge is 2.43. The molecule has 5 aromatic rings. The summed E-state index contributed by atoms with van der Waals surface area (Å²) < 4.78 is 0. The number of hydrogen-bond donors (Lipinski definition) is 0. The lowest BCUT2D eigenvalue weighted by Gasteiger charge is -2.33. The SMILES string of the molecule is CCCCC1(CCCC)c2ccccc2-c2c1cc1ccc3cc(C(C)(C)C)cc4ccc2c1c34. The van der Waals surface area contributed by atoms with Gasteiger partial charge >= 0.3 is 0 Å². The zero-order chi connectivity index (χ0) is 24.4. The molecule has 0 saturated heterocycles. The molecule has 35 heavy (non-hydrogen) atoms. The Balaban J connectivity index is 1.72. The lowest BCUT2D eigenvalue weighted by molar-refractivity contribution is 0.415. The first-order valence-electron chi connectivity index (χ1n) is 13.8. The monoisotopic (exact) mass is 458 g/mol. The summed E-state index contributed by atoms with van der Waals surface area (Å²) in [6, 6.07) is 26.3. The van der Waals surface area contributed by atoms with Gasteiger partial charge in [0, 0.05) is 5.41 Å². The minimum atomic E-state index is 0.141. The summed E-state index contributed by atoms with van der Waals surface area (Å²) in [6.45, 7) is 11.6. The topological polar surface area (TPSA) is 0 Å². The van der Waals surface area contributed by atoms with Gasteiger partial charge in [-0.1, -0.05) is 121 Å². The highest BCUT2D eigenvalue weighted by atomic mass is 14.5. The van der Waals surface area contributed by atoms with Crippen molar-refractivity contribution in [3.05, 3.63) is 83.4 Å². The maximum Gasteiger partial charge on any atom is 0.0215 e. The van der Waals surface area contributed by atoms with Crippen molar-refractivity contribution < 1.29 is 0 Å². The Labute approximate surface area is 210 Å². The molecule has 0 bridgehead atoms. The second-order valence-electron chi connectivity index (χ2n) is 12.0. The van der Waals surface area contributed by atoms with Crippen LogP contribution in [0.4, 0.5) is 0 Å². The fraction of sp³-hybridized carbons (Fsp3) is 0.371. The van der Waals surface area contributed by atoms with Crippen LogP contribution in [0, 0.1) is 0 Å². The standard InChI is InChI=1S/C35H38/c1-6-8-18-35(19-9-7-2)29-13-11-10-12-27(29)33-28-17-16-24-21-26(34(3,4)5)20-23-14-15-25(22-30(33)35)32(28)31(23)24/h10-17,20-22H,6-9,18-19H2,1-5H3. The molecule has 0 N–H and O–H groups in total. The lowest BCUT2D eigenvalue weighted by Crippen LogP contribution is -2.25. The molecule has 5 aromatic carbocycles. The average molecular weight is 459 g/mol. The first kappa shape index (κ1) is 22.6. The van der Waals surface area contributed by atoms with Gasteiger partial charge in [0.15, 0.2) is 0 Å². The van der Waals surface area contributed by atoms with Crippen molar-refractivity contribution in [2.24, 2.45) is 0 Å². The minimum absolute atomic E-state index is 0.141. The predicted molar refractivity (Wildman–Crippen MR) is 154 cm³/mol.